The zero-order valence-corrected chi connectivity index (χ0v) is 67.3. The van der Waals surface area contributed by atoms with Gasteiger partial charge in [0, 0.05) is 25.7 Å². The summed E-state index contributed by atoms with van der Waals surface area (Å²) in [6, 6.07) is 0. The molecule has 5 atom stereocenters. The first-order valence-corrected chi connectivity index (χ1v) is 43.0. The summed E-state index contributed by atoms with van der Waals surface area (Å²) in [5, 5.41) is 10.6. The maximum atomic E-state index is 13.1. The van der Waals surface area contributed by atoms with Crippen molar-refractivity contribution < 1.29 is 80.2 Å². The first kappa shape index (κ1) is 100. The lowest BCUT2D eigenvalue weighted by molar-refractivity contribution is -0.161. The molecular formula is C87H140O17P2. The van der Waals surface area contributed by atoms with E-state index >= 15 is 0 Å². The van der Waals surface area contributed by atoms with Crippen molar-refractivity contribution in [2.24, 2.45) is 0 Å². The molecule has 600 valence electrons. The minimum absolute atomic E-state index is 0.0313. The van der Waals surface area contributed by atoms with Gasteiger partial charge in [-0.25, -0.2) is 9.13 Å². The zero-order valence-electron chi connectivity index (χ0n) is 65.5. The largest absolute Gasteiger partial charge is 0.472 e. The monoisotopic (exact) mass is 1520 g/mol. The fourth-order valence-corrected chi connectivity index (χ4v) is 11.5. The molecule has 0 amide bonds. The van der Waals surface area contributed by atoms with Crippen molar-refractivity contribution in [3.8, 4) is 0 Å². The number of carbonyl (C=O) groups is 4. The van der Waals surface area contributed by atoms with Crippen LogP contribution >= 0.6 is 15.6 Å². The molecule has 0 aliphatic carbocycles. The van der Waals surface area contributed by atoms with Crippen molar-refractivity contribution in [2.75, 3.05) is 39.6 Å². The number of rotatable bonds is 73. The Balaban J connectivity index is 5.46. The number of phosphoric acid groups is 2. The first-order valence-electron chi connectivity index (χ1n) is 40.0. The van der Waals surface area contributed by atoms with Crippen LogP contribution in [0.25, 0.3) is 0 Å². The smallest absolute Gasteiger partial charge is 0.462 e. The van der Waals surface area contributed by atoms with Gasteiger partial charge < -0.3 is 33.8 Å². The molecule has 0 heterocycles. The van der Waals surface area contributed by atoms with Gasteiger partial charge in [-0.1, -0.05) is 268 Å². The standard InChI is InChI=1S/C87H140O17P2/c1-5-9-13-17-21-25-29-33-37-39-40-42-46-48-52-56-60-64-68-72-85(90)98-78-83(104-87(92)74-70-66-62-58-54-50-44-36-32-28-24-20-16-12-8-4)80-102-106(95,96)100-76-81(88)75-99-105(93,94)101-79-82(103-86(91)73-69-65-61-57-53-49-43-35-31-27-23-19-15-11-7-3)77-97-84(89)71-67-63-59-55-51-47-45-41-38-34-30-26-22-18-14-10-6-2/h9-16,21-28,33-38,40,42-44,53-54,57-58,81-83,88H,5-8,17-20,29-32,39,41,45-52,55-56,59-80H2,1-4H3,(H,93,94)(H,95,96)/b13-9-,14-10-,15-11-,16-12-,25-21-,26-22-,27-23-,28-24-,37-33-,38-34-,42-40-,43-35-,44-36-,57-53-,58-54-. The molecule has 3 N–H and O–H groups in total. The highest BCUT2D eigenvalue weighted by Crippen LogP contribution is 2.45. The highest BCUT2D eigenvalue weighted by atomic mass is 31.2. The summed E-state index contributed by atoms with van der Waals surface area (Å²) < 4.78 is 68.5. The fourth-order valence-electron chi connectivity index (χ4n) is 9.91. The Bertz CT molecular complexity index is 2730. The molecule has 0 aromatic heterocycles. The molecule has 0 rings (SSSR count). The van der Waals surface area contributed by atoms with Crippen LogP contribution in [0.1, 0.15) is 285 Å². The maximum Gasteiger partial charge on any atom is 0.472 e. The lowest BCUT2D eigenvalue weighted by Gasteiger charge is -2.21. The average molecular weight is 1520 g/mol. The number of hydrogen-bond donors (Lipinski definition) is 3. The van der Waals surface area contributed by atoms with Gasteiger partial charge in [-0.2, -0.15) is 0 Å². The second-order valence-electron chi connectivity index (χ2n) is 25.8. The van der Waals surface area contributed by atoms with Gasteiger partial charge in [-0.15, -0.1) is 0 Å². The van der Waals surface area contributed by atoms with E-state index in [0.717, 1.165) is 193 Å². The van der Waals surface area contributed by atoms with E-state index in [1.165, 1.54) is 0 Å². The third-order valence-electron chi connectivity index (χ3n) is 15.9. The summed E-state index contributed by atoms with van der Waals surface area (Å²) in [6.45, 7) is 4.28. The van der Waals surface area contributed by atoms with Crippen LogP contribution in [0.15, 0.2) is 182 Å². The van der Waals surface area contributed by atoms with Crippen molar-refractivity contribution in [3.05, 3.63) is 182 Å². The molecular weight excluding hydrogens is 1380 g/mol. The Hall–Kier alpha value is -5.84. The number of allylic oxidation sites excluding steroid dienone is 30. The summed E-state index contributed by atoms with van der Waals surface area (Å²) in [7, 11) is -10.0. The van der Waals surface area contributed by atoms with Gasteiger partial charge in [0.25, 0.3) is 0 Å². The first-order chi connectivity index (χ1) is 51.7. The molecule has 0 spiro atoms. The van der Waals surface area contributed by atoms with Gasteiger partial charge >= 0.3 is 39.5 Å². The number of hydrogen-bond acceptors (Lipinski definition) is 15. The van der Waals surface area contributed by atoms with E-state index in [9.17, 15) is 43.2 Å². The summed E-state index contributed by atoms with van der Waals surface area (Å²) >= 11 is 0. The summed E-state index contributed by atoms with van der Waals surface area (Å²) in [5.41, 5.74) is 0. The Labute approximate surface area is 641 Å². The van der Waals surface area contributed by atoms with E-state index in [1.807, 2.05) is 0 Å². The van der Waals surface area contributed by atoms with E-state index < -0.39 is 97.5 Å². The van der Waals surface area contributed by atoms with Crippen LogP contribution in [0.5, 0.6) is 0 Å². The number of aliphatic hydroxyl groups excluding tert-OH is 1. The van der Waals surface area contributed by atoms with E-state index in [-0.39, 0.29) is 25.7 Å². The minimum atomic E-state index is -5.01. The summed E-state index contributed by atoms with van der Waals surface area (Å²) in [5.74, 6) is -2.31. The van der Waals surface area contributed by atoms with Crippen molar-refractivity contribution in [2.45, 2.75) is 303 Å². The van der Waals surface area contributed by atoms with Crippen LogP contribution < -0.4 is 0 Å². The maximum absolute atomic E-state index is 13.1. The average Bonchev–Trinajstić information content (AvgIpc) is 0.909. The number of ether oxygens (including phenoxy) is 4. The van der Waals surface area contributed by atoms with Crippen molar-refractivity contribution in [1.29, 1.82) is 0 Å². The van der Waals surface area contributed by atoms with E-state index in [2.05, 4.69) is 210 Å². The number of aliphatic hydroxyl groups is 1. The molecule has 19 heteroatoms. The Morgan fingerprint density at radius 2 is 0.462 bits per heavy atom. The molecule has 0 bridgehead atoms. The number of esters is 4. The van der Waals surface area contributed by atoms with Gasteiger partial charge in [-0.3, -0.25) is 37.3 Å². The molecule has 0 fully saturated rings. The van der Waals surface area contributed by atoms with Crippen LogP contribution in [-0.4, -0.2) is 96.7 Å². The van der Waals surface area contributed by atoms with Crippen molar-refractivity contribution in [1.82, 2.24) is 0 Å². The summed E-state index contributed by atoms with van der Waals surface area (Å²) in [4.78, 5) is 73.1. The Morgan fingerprint density at radius 3 is 0.726 bits per heavy atom. The van der Waals surface area contributed by atoms with Crippen LogP contribution in [0, 0.1) is 0 Å². The lowest BCUT2D eigenvalue weighted by atomic mass is 10.1. The predicted molar refractivity (Wildman–Crippen MR) is 436 cm³/mol. The third kappa shape index (κ3) is 76.4. The predicted octanol–water partition coefficient (Wildman–Crippen LogP) is 23.6. The molecule has 5 unspecified atom stereocenters. The van der Waals surface area contributed by atoms with Crippen LogP contribution in [0.3, 0.4) is 0 Å². The zero-order chi connectivity index (χ0) is 77.4. The van der Waals surface area contributed by atoms with Crippen LogP contribution in [-0.2, 0) is 65.4 Å². The van der Waals surface area contributed by atoms with Crippen molar-refractivity contribution >= 4 is 39.5 Å². The van der Waals surface area contributed by atoms with Crippen LogP contribution in [0.4, 0.5) is 0 Å². The number of phosphoric ester groups is 2. The third-order valence-corrected chi connectivity index (χ3v) is 17.8. The molecule has 106 heavy (non-hydrogen) atoms. The Kier molecular flexibility index (Phi) is 73.1. The lowest BCUT2D eigenvalue weighted by Crippen LogP contribution is -2.30. The van der Waals surface area contributed by atoms with Crippen LogP contribution in [0.2, 0.25) is 0 Å². The minimum Gasteiger partial charge on any atom is -0.462 e. The molecule has 0 aliphatic rings. The van der Waals surface area contributed by atoms with E-state index in [4.69, 9.17) is 37.0 Å². The molecule has 0 aliphatic heterocycles. The van der Waals surface area contributed by atoms with Gasteiger partial charge in [0.2, 0.25) is 0 Å². The topological polar surface area (TPSA) is 237 Å². The molecule has 0 aromatic carbocycles. The Morgan fingerprint density at radius 1 is 0.264 bits per heavy atom. The molecule has 0 aromatic rings. The van der Waals surface area contributed by atoms with Gasteiger partial charge in [0.1, 0.15) is 19.3 Å². The summed E-state index contributed by atoms with van der Waals surface area (Å²) in [6.07, 6.45) is 93.1. The number of unbranched alkanes of at least 4 members (excludes halogenated alkanes) is 17. The number of carbonyl (C=O) groups excluding carboxylic acids is 4. The molecule has 0 saturated carbocycles. The second kappa shape index (κ2) is 77.3. The second-order valence-corrected chi connectivity index (χ2v) is 28.7. The molecule has 0 radical (unpaired) electrons. The molecule has 17 nitrogen and oxygen atoms in total. The quantitative estimate of drug-likeness (QED) is 0.0169. The highest BCUT2D eigenvalue weighted by Gasteiger charge is 2.30. The van der Waals surface area contributed by atoms with Gasteiger partial charge in [0.05, 0.1) is 26.4 Å². The van der Waals surface area contributed by atoms with Gasteiger partial charge in [-0.05, 0) is 173 Å². The van der Waals surface area contributed by atoms with E-state index in [1.54, 1.807) is 0 Å². The normalized spacial score (nSPS) is 14.8. The molecule has 0 saturated heterocycles. The van der Waals surface area contributed by atoms with Crippen molar-refractivity contribution in [3.63, 3.8) is 0 Å². The SMILES string of the molecule is CC/C=C\C/C=C\C/C=C\C/C=C\CCCCCCCCC(=O)OCC(COP(=O)(O)OCC(O)COP(=O)(O)OCC(COC(=O)CCCCCCCCC/C=C\C/C=C\C/C=C\CC)OC(=O)CCCC/C=C\C/C=C\C/C=C\C/C=C\CC)OC(=O)CCCC/C=C\C/C=C\C/C=C\C/C=C\CC. The highest BCUT2D eigenvalue weighted by molar-refractivity contribution is 7.47. The van der Waals surface area contributed by atoms with Gasteiger partial charge in [0.15, 0.2) is 12.2 Å². The fraction of sp³-hybridized carbons (Fsp3) is 0.609. The van der Waals surface area contributed by atoms with E-state index in [0.29, 0.717) is 38.5 Å².